The van der Waals surface area contributed by atoms with E-state index in [1.807, 2.05) is 21.1 Å². The van der Waals surface area contributed by atoms with Crippen molar-refractivity contribution < 1.29 is 46.8 Å². The van der Waals surface area contributed by atoms with Gasteiger partial charge in [0.1, 0.15) is 19.8 Å². The molecule has 0 radical (unpaired) electrons. The van der Waals surface area contributed by atoms with Gasteiger partial charge in [-0.25, -0.2) is 4.57 Å². The van der Waals surface area contributed by atoms with Crippen LogP contribution in [0, 0.1) is 0 Å². The van der Waals surface area contributed by atoms with Gasteiger partial charge in [-0.3, -0.25) is 18.6 Å². The van der Waals surface area contributed by atoms with Crippen molar-refractivity contribution in [3.8, 4) is 0 Å². The normalized spacial score (nSPS) is 17.9. The van der Waals surface area contributed by atoms with Crippen LogP contribution < -0.4 is 0 Å². The molecule has 10 nitrogen and oxygen atoms in total. The Labute approximate surface area is 346 Å². The quantitative estimate of drug-likeness (QED) is 0.0163. The van der Waals surface area contributed by atoms with Gasteiger partial charge in [0, 0.05) is 12.8 Å². The number of carbonyl (C=O) groups excluding carboxylic acids is 2. The molecular formula is C46H79NO9P+. The van der Waals surface area contributed by atoms with Crippen molar-refractivity contribution in [1.29, 1.82) is 0 Å². The van der Waals surface area contributed by atoms with Crippen LogP contribution >= 0.6 is 7.82 Å². The van der Waals surface area contributed by atoms with Gasteiger partial charge < -0.3 is 23.6 Å². The van der Waals surface area contributed by atoms with Crippen LogP contribution in [-0.2, 0) is 37.4 Å². The Kier molecular flexibility index (Phi) is 31.5. The maximum atomic E-state index is 12.7. The summed E-state index contributed by atoms with van der Waals surface area (Å²) >= 11 is 0. The van der Waals surface area contributed by atoms with Gasteiger partial charge in [0.15, 0.2) is 6.10 Å². The van der Waals surface area contributed by atoms with Crippen LogP contribution in [0.4, 0.5) is 0 Å². The predicted octanol–water partition coefficient (Wildman–Crippen LogP) is 11.2. The van der Waals surface area contributed by atoms with Gasteiger partial charge in [0.05, 0.1) is 40.0 Å². The van der Waals surface area contributed by atoms with E-state index in [0.717, 1.165) is 57.8 Å². The monoisotopic (exact) mass is 821 g/mol. The van der Waals surface area contributed by atoms with Crippen LogP contribution in [0.2, 0.25) is 0 Å². The van der Waals surface area contributed by atoms with Gasteiger partial charge in [-0.15, -0.1) is 0 Å². The number of hydrogen-bond donors (Lipinski definition) is 1. The first-order chi connectivity index (χ1) is 27.5. The molecule has 0 saturated carbocycles. The van der Waals surface area contributed by atoms with E-state index in [2.05, 4.69) is 86.8 Å². The van der Waals surface area contributed by atoms with Crippen LogP contribution in [0.15, 0.2) is 72.9 Å². The third-order valence-electron chi connectivity index (χ3n) is 9.13. The summed E-state index contributed by atoms with van der Waals surface area (Å²) in [6.07, 6.45) is 44.0. The number of rotatable bonds is 37. The number of likely N-dealkylation sites (N-methyl/N-ethyl adjacent to an activating group) is 1. The standard InChI is InChI=1S/C46H78NO9P/c1-6-8-10-12-14-16-18-20-21-22-24-26-28-30-32-36-46(49)55-42(41-54-57(50,51)53-39-38-47(3,4)5)40-52-45(48)37-33-35-44-43(56-44)34-31-29-27-25-23-19-17-15-13-11-9-7-2/h14-17,20-21,23-26,29,31,42-44H,6-13,18-19,22,27-28,30,32-41H2,1-5H3/p+1/b16-14-,17-15-,21-20-,25-23-,26-24-,31-29-/t42-,43?,44?/m1/s1. The molecule has 0 bridgehead atoms. The van der Waals surface area contributed by atoms with Crippen LogP contribution in [0.1, 0.15) is 142 Å². The van der Waals surface area contributed by atoms with Crippen LogP contribution in [-0.4, -0.2) is 87.1 Å². The second-order valence-corrected chi connectivity index (χ2v) is 17.2. The van der Waals surface area contributed by atoms with Crippen molar-refractivity contribution >= 4 is 19.8 Å². The van der Waals surface area contributed by atoms with Crippen molar-refractivity contribution in [2.45, 2.75) is 161 Å². The Morgan fingerprint density at radius 3 is 1.70 bits per heavy atom. The summed E-state index contributed by atoms with van der Waals surface area (Å²) in [5.74, 6) is -0.928. The smallest absolute Gasteiger partial charge is 0.462 e. The van der Waals surface area contributed by atoms with E-state index in [-0.39, 0.29) is 38.3 Å². The molecule has 1 aliphatic rings. The highest BCUT2D eigenvalue weighted by Gasteiger charge is 2.36. The van der Waals surface area contributed by atoms with E-state index in [0.29, 0.717) is 23.9 Å². The lowest BCUT2D eigenvalue weighted by Crippen LogP contribution is -2.37. The number of phosphoric acid groups is 1. The molecule has 57 heavy (non-hydrogen) atoms. The molecule has 326 valence electrons. The van der Waals surface area contributed by atoms with Gasteiger partial charge in [-0.2, -0.15) is 0 Å². The average Bonchev–Trinajstić information content (AvgIpc) is 3.91. The summed E-state index contributed by atoms with van der Waals surface area (Å²) < 4.78 is 40.0. The Morgan fingerprint density at radius 1 is 0.649 bits per heavy atom. The summed E-state index contributed by atoms with van der Waals surface area (Å²) in [6, 6.07) is 0. The summed E-state index contributed by atoms with van der Waals surface area (Å²) in [7, 11) is 1.40. The number of epoxide rings is 1. The third kappa shape index (κ3) is 35.1. The molecule has 0 aromatic rings. The maximum Gasteiger partial charge on any atom is 0.472 e. The minimum atomic E-state index is -4.41. The first-order valence-electron chi connectivity index (χ1n) is 21.8. The highest BCUT2D eigenvalue weighted by Crippen LogP contribution is 2.43. The van der Waals surface area contributed by atoms with E-state index in [9.17, 15) is 19.0 Å². The highest BCUT2D eigenvalue weighted by molar-refractivity contribution is 7.47. The number of hydrogen-bond acceptors (Lipinski definition) is 8. The SMILES string of the molecule is CCCCC/C=C\C/C=C\C/C=C\CCCCC(=O)O[C@H](COC(=O)CCCC1OC1C/C=C\C/C=C\C/C=C\CCCCC)COP(=O)(O)OCC[N+](C)(C)C. The fourth-order valence-electron chi connectivity index (χ4n) is 5.58. The van der Waals surface area contributed by atoms with Gasteiger partial charge >= 0.3 is 19.8 Å². The number of carbonyl (C=O) groups is 2. The Balaban J connectivity index is 2.38. The number of allylic oxidation sites excluding steroid dienone is 11. The molecule has 11 heteroatoms. The Hall–Kier alpha value is -2.59. The molecule has 3 unspecified atom stereocenters. The molecule has 1 N–H and O–H groups in total. The second kappa shape index (κ2) is 34.3. The lowest BCUT2D eigenvalue weighted by Gasteiger charge is -2.24. The zero-order chi connectivity index (χ0) is 41.9. The molecule has 0 spiro atoms. The van der Waals surface area contributed by atoms with Crippen molar-refractivity contribution in [2.75, 3.05) is 47.5 Å². The number of nitrogens with zero attached hydrogens (tertiary/aromatic N) is 1. The number of ether oxygens (including phenoxy) is 3. The molecule has 4 atom stereocenters. The first-order valence-corrected chi connectivity index (χ1v) is 23.3. The minimum absolute atomic E-state index is 0.00848. The molecule has 0 aromatic heterocycles. The molecule has 1 saturated heterocycles. The average molecular weight is 821 g/mol. The fraction of sp³-hybridized carbons (Fsp3) is 0.696. The Morgan fingerprint density at radius 2 is 1.16 bits per heavy atom. The number of phosphoric ester groups is 1. The second-order valence-electron chi connectivity index (χ2n) is 15.8. The number of quaternary nitrogens is 1. The highest BCUT2D eigenvalue weighted by atomic mass is 31.2. The van der Waals surface area contributed by atoms with E-state index in [4.69, 9.17) is 23.3 Å². The molecule has 1 fully saturated rings. The molecule has 0 amide bonds. The van der Waals surface area contributed by atoms with Crippen LogP contribution in [0.25, 0.3) is 0 Å². The summed E-state index contributed by atoms with van der Waals surface area (Å²) in [5, 5.41) is 0. The molecule has 1 rings (SSSR count). The molecule has 0 aliphatic carbocycles. The van der Waals surface area contributed by atoms with Gasteiger partial charge in [-0.05, 0) is 89.9 Å². The summed E-state index contributed by atoms with van der Waals surface area (Å²) in [6.45, 7) is 4.21. The fourth-order valence-corrected chi connectivity index (χ4v) is 6.32. The molecule has 1 aliphatic heterocycles. The molecular weight excluding hydrogens is 741 g/mol. The number of esters is 2. The topological polar surface area (TPSA) is 121 Å². The lowest BCUT2D eigenvalue weighted by molar-refractivity contribution is -0.870. The first kappa shape index (κ1) is 52.4. The lowest BCUT2D eigenvalue weighted by atomic mass is 10.1. The summed E-state index contributed by atoms with van der Waals surface area (Å²) in [4.78, 5) is 35.4. The van der Waals surface area contributed by atoms with Gasteiger partial charge in [-0.1, -0.05) is 112 Å². The van der Waals surface area contributed by atoms with Gasteiger partial charge in [0.25, 0.3) is 0 Å². The predicted molar refractivity (Wildman–Crippen MR) is 233 cm³/mol. The zero-order valence-electron chi connectivity index (χ0n) is 36.2. The summed E-state index contributed by atoms with van der Waals surface area (Å²) in [5.41, 5.74) is 0. The van der Waals surface area contributed by atoms with E-state index in [1.54, 1.807) is 0 Å². The minimum Gasteiger partial charge on any atom is -0.462 e. The van der Waals surface area contributed by atoms with Crippen LogP contribution in [0.5, 0.6) is 0 Å². The third-order valence-corrected chi connectivity index (χ3v) is 10.1. The number of unbranched alkanes of at least 4 members (excludes halogenated alkanes) is 8. The van der Waals surface area contributed by atoms with Crippen molar-refractivity contribution in [1.82, 2.24) is 0 Å². The zero-order valence-corrected chi connectivity index (χ0v) is 37.1. The molecule has 1 heterocycles. The van der Waals surface area contributed by atoms with E-state index >= 15 is 0 Å². The Bertz CT molecular complexity index is 1270. The molecule has 0 aromatic carbocycles. The van der Waals surface area contributed by atoms with E-state index in [1.165, 1.54) is 44.9 Å². The van der Waals surface area contributed by atoms with Crippen molar-refractivity contribution in [3.05, 3.63) is 72.9 Å². The largest absolute Gasteiger partial charge is 0.472 e. The van der Waals surface area contributed by atoms with Crippen LogP contribution in [0.3, 0.4) is 0 Å². The van der Waals surface area contributed by atoms with Gasteiger partial charge in [0.2, 0.25) is 0 Å². The van der Waals surface area contributed by atoms with E-state index < -0.39 is 32.5 Å². The van der Waals surface area contributed by atoms with Crippen molar-refractivity contribution in [2.24, 2.45) is 0 Å². The van der Waals surface area contributed by atoms with Crippen molar-refractivity contribution in [3.63, 3.8) is 0 Å². The maximum absolute atomic E-state index is 12.7.